The molecule has 0 saturated heterocycles. The molecule has 0 atom stereocenters. The Balaban J connectivity index is 2.04. The summed E-state index contributed by atoms with van der Waals surface area (Å²) in [6.07, 6.45) is 4.71. The second kappa shape index (κ2) is 5.36. The SMILES string of the molecule is CCc1ccc(C(C)(C)NCc2ncc[nH]2)cc1. The summed E-state index contributed by atoms with van der Waals surface area (Å²) in [6.45, 7) is 7.30. The fourth-order valence-corrected chi connectivity index (χ4v) is 1.96. The van der Waals surface area contributed by atoms with Crippen molar-refractivity contribution in [1.82, 2.24) is 15.3 Å². The molecule has 2 N–H and O–H groups in total. The molecular weight excluding hydrogens is 222 g/mol. The van der Waals surface area contributed by atoms with Crippen molar-refractivity contribution in [2.45, 2.75) is 39.3 Å². The first-order valence-electron chi connectivity index (χ1n) is 6.44. The average molecular weight is 243 g/mol. The maximum absolute atomic E-state index is 4.22. The maximum atomic E-state index is 4.22. The number of nitrogens with one attached hydrogen (secondary N) is 2. The third-order valence-corrected chi connectivity index (χ3v) is 3.34. The van der Waals surface area contributed by atoms with Gasteiger partial charge in [-0.15, -0.1) is 0 Å². The van der Waals surface area contributed by atoms with Gasteiger partial charge in [0.2, 0.25) is 0 Å². The minimum Gasteiger partial charge on any atom is -0.348 e. The molecule has 2 rings (SSSR count). The van der Waals surface area contributed by atoms with Gasteiger partial charge in [-0.25, -0.2) is 4.98 Å². The Labute approximate surface area is 109 Å². The molecule has 0 unspecified atom stereocenters. The van der Waals surface area contributed by atoms with E-state index < -0.39 is 0 Å². The number of rotatable bonds is 5. The van der Waals surface area contributed by atoms with Crippen LogP contribution >= 0.6 is 0 Å². The molecule has 2 aromatic rings. The Morgan fingerprint density at radius 3 is 2.50 bits per heavy atom. The van der Waals surface area contributed by atoms with Gasteiger partial charge in [0.05, 0.1) is 6.54 Å². The number of hydrogen-bond donors (Lipinski definition) is 2. The molecule has 1 aromatic heterocycles. The molecule has 1 aromatic carbocycles. The first-order valence-corrected chi connectivity index (χ1v) is 6.44. The molecule has 3 nitrogen and oxygen atoms in total. The molecule has 0 bridgehead atoms. The van der Waals surface area contributed by atoms with Gasteiger partial charge in [0.15, 0.2) is 0 Å². The number of benzene rings is 1. The van der Waals surface area contributed by atoms with Crippen LogP contribution in [0.15, 0.2) is 36.7 Å². The molecule has 0 aliphatic heterocycles. The van der Waals surface area contributed by atoms with E-state index in [0.717, 1.165) is 18.8 Å². The number of aryl methyl sites for hydroxylation is 1. The van der Waals surface area contributed by atoms with Crippen molar-refractivity contribution in [3.63, 3.8) is 0 Å². The Morgan fingerprint density at radius 1 is 1.22 bits per heavy atom. The zero-order valence-electron chi connectivity index (χ0n) is 11.3. The summed E-state index contributed by atoms with van der Waals surface area (Å²) < 4.78 is 0. The van der Waals surface area contributed by atoms with Crippen LogP contribution < -0.4 is 5.32 Å². The van der Waals surface area contributed by atoms with Crippen molar-refractivity contribution in [2.75, 3.05) is 0 Å². The van der Waals surface area contributed by atoms with Crippen molar-refractivity contribution in [3.8, 4) is 0 Å². The molecule has 0 fully saturated rings. The van der Waals surface area contributed by atoms with Gasteiger partial charge < -0.3 is 10.3 Å². The molecule has 0 spiro atoms. The normalized spacial score (nSPS) is 11.7. The molecule has 0 amide bonds. The fourth-order valence-electron chi connectivity index (χ4n) is 1.96. The molecule has 18 heavy (non-hydrogen) atoms. The van der Waals surface area contributed by atoms with E-state index in [9.17, 15) is 0 Å². The highest BCUT2D eigenvalue weighted by molar-refractivity contribution is 5.27. The Morgan fingerprint density at radius 2 is 1.94 bits per heavy atom. The minimum atomic E-state index is -0.0565. The molecule has 0 radical (unpaired) electrons. The zero-order chi connectivity index (χ0) is 13.0. The predicted octanol–water partition coefficient (Wildman–Crippen LogP) is 3.00. The predicted molar refractivity (Wildman–Crippen MR) is 74.3 cm³/mol. The van der Waals surface area contributed by atoms with Gasteiger partial charge in [0.25, 0.3) is 0 Å². The minimum absolute atomic E-state index is 0.0565. The van der Waals surface area contributed by atoms with Crippen LogP contribution in [0.3, 0.4) is 0 Å². The number of nitrogens with zero attached hydrogens (tertiary/aromatic N) is 1. The molecule has 96 valence electrons. The quantitative estimate of drug-likeness (QED) is 0.847. The van der Waals surface area contributed by atoms with Gasteiger partial charge >= 0.3 is 0 Å². The maximum Gasteiger partial charge on any atom is 0.120 e. The van der Waals surface area contributed by atoms with Crippen molar-refractivity contribution >= 4 is 0 Å². The second-order valence-corrected chi connectivity index (χ2v) is 5.06. The molecule has 3 heteroatoms. The van der Waals surface area contributed by atoms with Gasteiger partial charge in [-0.1, -0.05) is 31.2 Å². The van der Waals surface area contributed by atoms with Crippen LogP contribution in [0.5, 0.6) is 0 Å². The van der Waals surface area contributed by atoms with Gasteiger partial charge in [0, 0.05) is 17.9 Å². The topological polar surface area (TPSA) is 40.7 Å². The van der Waals surface area contributed by atoms with Gasteiger partial charge in [-0.05, 0) is 31.4 Å². The van der Waals surface area contributed by atoms with E-state index in [-0.39, 0.29) is 5.54 Å². The van der Waals surface area contributed by atoms with Crippen LogP contribution in [0.4, 0.5) is 0 Å². The summed E-state index contributed by atoms with van der Waals surface area (Å²) in [6, 6.07) is 8.80. The standard InChI is InChI=1S/C15H21N3/c1-4-12-5-7-13(8-6-12)15(2,3)18-11-14-16-9-10-17-14/h5-10,18H,4,11H2,1-3H3,(H,16,17). The lowest BCUT2D eigenvalue weighted by Crippen LogP contribution is -2.36. The number of H-pyrrole nitrogens is 1. The summed E-state index contributed by atoms with van der Waals surface area (Å²) in [7, 11) is 0. The monoisotopic (exact) mass is 243 g/mol. The third-order valence-electron chi connectivity index (χ3n) is 3.34. The molecular formula is C15H21N3. The van der Waals surface area contributed by atoms with E-state index in [1.165, 1.54) is 11.1 Å². The largest absolute Gasteiger partial charge is 0.348 e. The summed E-state index contributed by atoms with van der Waals surface area (Å²) in [4.78, 5) is 7.33. The third kappa shape index (κ3) is 2.99. The van der Waals surface area contributed by atoms with Crippen LogP contribution in [0, 0.1) is 0 Å². The zero-order valence-corrected chi connectivity index (χ0v) is 11.3. The summed E-state index contributed by atoms with van der Waals surface area (Å²) in [5.41, 5.74) is 2.62. The van der Waals surface area contributed by atoms with Gasteiger partial charge in [0.1, 0.15) is 5.82 Å². The van der Waals surface area contributed by atoms with Crippen molar-refractivity contribution < 1.29 is 0 Å². The van der Waals surface area contributed by atoms with Crippen molar-refractivity contribution in [2.24, 2.45) is 0 Å². The van der Waals surface area contributed by atoms with Crippen LogP contribution in [0.2, 0.25) is 0 Å². The van der Waals surface area contributed by atoms with Crippen LogP contribution in [0.25, 0.3) is 0 Å². The lowest BCUT2D eigenvalue weighted by Gasteiger charge is -2.27. The van der Waals surface area contributed by atoms with E-state index in [4.69, 9.17) is 0 Å². The van der Waals surface area contributed by atoms with E-state index in [1.54, 1.807) is 6.20 Å². The first kappa shape index (κ1) is 12.8. The molecule has 1 heterocycles. The van der Waals surface area contributed by atoms with Gasteiger partial charge in [-0.2, -0.15) is 0 Å². The highest BCUT2D eigenvalue weighted by atomic mass is 15.0. The Bertz CT molecular complexity index is 469. The van der Waals surface area contributed by atoms with E-state index in [2.05, 4.69) is 60.3 Å². The van der Waals surface area contributed by atoms with E-state index >= 15 is 0 Å². The Hall–Kier alpha value is -1.61. The average Bonchev–Trinajstić information content (AvgIpc) is 2.90. The van der Waals surface area contributed by atoms with Crippen LogP contribution in [-0.2, 0) is 18.5 Å². The summed E-state index contributed by atoms with van der Waals surface area (Å²) in [5, 5.41) is 3.52. The summed E-state index contributed by atoms with van der Waals surface area (Å²) >= 11 is 0. The summed E-state index contributed by atoms with van der Waals surface area (Å²) in [5.74, 6) is 0.966. The van der Waals surface area contributed by atoms with Crippen LogP contribution in [-0.4, -0.2) is 9.97 Å². The number of aromatic amines is 1. The van der Waals surface area contributed by atoms with Crippen LogP contribution in [0.1, 0.15) is 37.7 Å². The highest BCUT2D eigenvalue weighted by Gasteiger charge is 2.19. The number of aromatic nitrogens is 2. The number of imidazole rings is 1. The highest BCUT2D eigenvalue weighted by Crippen LogP contribution is 2.20. The lowest BCUT2D eigenvalue weighted by atomic mass is 9.93. The number of hydrogen-bond acceptors (Lipinski definition) is 2. The van der Waals surface area contributed by atoms with E-state index in [1.807, 2.05) is 6.20 Å². The van der Waals surface area contributed by atoms with Crippen molar-refractivity contribution in [1.29, 1.82) is 0 Å². The Kier molecular flexibility index (Phi) is 3.82. The molecule has 0 aliphatic rings. The first-order chi connectivity index (χ1) is 8.62. The lowest BCUT2D eigenvalue weighted by molar-refractivity contribution is 0.396. The second-order valence-electron chi connectivity index (χ2n) is 5.06. The van der Waals surface area contributed by atoms with E-state index in [0.29, 0.717) is 0 Å². The smallest absolute Gasteiger partial charge is 0.120 e. The molecule has 0 saturated carbocycles. The fraction of sp³-hybridized carbons (Fsp3) is 0.400. The molecule has 0 aliphatic carbocycles. The van der Waals surface area contributed by atoms with Crippen molar-refractivity contribution in [3.05, 3.63) is 53.6 Å². The van der Waals surface area contributed by atoms with Gasteiger partial charge in [-0.3, -0.25) is 0 Å².